The second-order valence-electron chi connectivity index (χ2n) is 7.65. The van der Waals surface area contributed by atoms with Crippen molar-refractivity contribution in [2.45, 2.75) is 18.9 Å². The molecule has 1 aliphatic heterocycles. The Morgan fingerprint density at radius 3 is 2.42 bits per heavy atom. The lowest BCUT2D eigenvalue weighted by molar-refractivity contribution is -0.122. The number of nitrogens with zero attached hydrogens (tertiary/aromatic N) is 2. The van der Waals surface area contributed by atoms with Crippen LogP contribution in [-0.2, 0) is 16.0 Å². The Balaban J connectivity index is 1.63. The van der Waals surface area contributed by atoms with Crippen molar-refractivity contribution < 1.29 is 18.8 Å². The Labute approximate surface area is 203 Å². The van der Waals surface area contributed by atoms with E-state index in [1.165, 1.54) is 29.2 Å². The van der Waals surface area contributed by atoms with Crippen LogP contribution in [-0.4, -0.2) is 35.2 Å². The zero-order valence-corrected chi connectivity index (χ0v) is 19.7. The van der Waals surface area contributed by atoms with Crippen molar-refractivity contribution in [3.63, 3.8) is 0 Å². The lowest BCUT2D eigenvalue weighted by atomic mass is 10.1. The highest BCUT2D eigenvalue weighted by atomic mass is 79.9. The lowest BCUT2D eigenvalue weighted by Gasteiger charge is -2.28. The molecule has 168 valence electrons. The number of rotatable bonds is 6. The van der Waals surface area contributed by atoms with Gasteiger partial charge in [-0.25, -0.2) is 9.29 Å². The Bertz CT molecular complexity index is 1200. The molecule has 0 aromatic heterocycles. The summed E-state index contributed by atoms with van der Waals surface area (Å²) in [6, 6.07) is 18.2. The second kappa shape index (κ2) is 9.85. The summed E-state index contributed by atoms with van der Waals surface area (Å²) in [6.45, 7) is 0.189. The number of carbonyl (C=O) groups excluding carboxylic acids is 3. The molecule has 0 spiro atoms. The minimum Gasteiger partial charge on any atom is -0.326 e. The lowest BCUT2D eigenvalue weighted by Crippen LogP contribution is -2.46. The van der Waals surface area contributed by atoms with Crippen molar-refractivity contribution >= 4 is 50.9 Å². The predicted octanol–water partition coefficient (Wildman–Crippen LogP) is 5.26. The first kappa shape index (κ1) is 23.1. The van der Waals surface area contributed by atoms with Gasteiger partial charge in [0.2, 0.25) is 5.91 Å². The van der Waals surface area contributed by atoms with Crippen LogP contribution in [0.15, 0.2) is 77.3 Å². The van der Waals surface area contributed by atoms with Crippen molar-refractivity contribution in [2.75, 3.05) is 11.4 Å². The molecule has 5 nitrogen and oxygen atoms in total. The van der Waals surface area contributed by atoms with Crippen molar-refractivity contribution in [1.82, 2.24) is 4.90 Å². The fraction of sp³-hybridized carbons (Fsp3) is 0.160. The van der Waals surface area contributed by atoms with Gasteiger partial charge in [-0.3, -0.25) is 14.4 Å². The number of carbonyl (C=O) groups is 3. The SMILES string of the molecule is O=C1CC(N(CCc2cccc(Cl)c2)C(=O)c2ccc(F)cc2)C(=O)N1c1ccc(Br)cc1. The molecule has 0 saturated carbocycles. The van der Waals surface area contributed by atoms with Crippen LogP contribution >= 0.6 is 27.5 Å². The topological polar surface area (TPSA) is 57.7 Å². The van der Waals surface area contributed by atoms with E-state index in [-0.39, 0.29) is 24.4 Å². The first-order valence-electron chi connectivity index (χ1n) is 10.3. The standard InChI is InChI=1S/C25H19BrClFN2O3/c26-18-6-10-21(11-7-18)30-23(31)15-22(25(30)33)29(13-12-16-2-1-3-19(27)14-16)24(32)17-4-8-20(28)9-5-17/h1-11,14,22H,12-13,15H2. The summed E-state index contributed by atoms with van der Waals surface area (Å²) in [4.78, 5) is 42.0. The molecule has 0 radical (unpaired) electrons. The molecule has 3 amide bonds. The first-order chi connectivity index (χ1) is 15.8. The first-order valence-corrected chi connectivity index (χ1v) is 11.4. The van der Waals surface area contributed by atoms with Crippen LogP contribution in [0.2, 0.25) is 5.02 Å². The Morgan fingerprint density at radius 2 is 1.76 bits per heavy atom. The van der Waals surface area contributed by atoms with Gasteiger partial charge >= 0.3 is 0 Å². The third-order valence-electron chi connectivity index (χ3n) is 5.47. The van der Waals surface area contributed by atoms with Gasteiger partial charge in [-0.1, -0.05) is 39.7 Å². The summed E-state index contributed by atoms with van der Waals surface area (Å²) in [7, 11) is 0. The monoisotopic (exact) mass is 528 g/mol. The number of hydrogen-bond donors (Lipinski definition) is 0. The summed E-state index contributed by atoms with van der Waals surface area (Å²) < 4.78 is 14.2. The third kappa shape index (κ3) is 5.15. The summed E-state index contributed by atoms with van der Waals surface area (Å²) >= 11 is 9.42. The average molecular weight is 530 g/mol. The molecule has 33 heavy (non-hydrogen) atoms. The van der Waals surface area contributed by atoms with E-state index in [0.29, 0.717) is 17.1 Å². The summed E-state index contributed by atoms with van der Waals surface area (Å²) in [5.41, 5.74) is 1.57. The molecular formula is C25H19BrClFN2O3. The third-order valence-corrected chi connectivity index (χ3v) is 6.23. The minimum atomic E-state index is -0.960. The van der Waals surface area contributed by atoms with Crippen LogP contribution in [0.3, 0.4) is 0 Å². The fourth-order valence-electron chi connectivity index (χ4n) is 3.82. The molecule has 1 heterocycles. The van der Waals surface area contributed by atoms with E-state index >= 15 is 0 Å². The number of amides is 3. The maximum absolute atomic E-state index is 13.4. The van der Waals surface area contributed by atoms with Crippen molar-refractivity contribution in [2.24, 2.45) is 0 Å². The number of imide groups is 1. The highest BCUT2D eigenvalue weighted by molar-refractivity contribution is 9.10. The van der Waals surface area contributed by atoms with E-state index in [1.807, 2.05) is 12.1 Å². The van der Waals surface area contributed by atoms with Gasteiger partial charge in [0.25, 0.3) is 11.8 Å². The van der Waals surface area contributed by atoms with E-state index in [9.17, 15) is 18.8 Å². The zero-order chi connectivity index (χ0) is 23.5. The van der Waals surface area contributed by atoms with E-state index in [0.717, 1.165) is 14.9 Å². The van der Waals surface area contributed by atoms with Crippen LogP contribution in [0.1, 0.15) is 22.3 Å². The zero-order valence-electron chi connectivity index (χ0n) is 17.4. The van der Waals surface area contributed by atoms with E-state index in [2.05, 4.69) is 15.9 Å². The van der Waals surface area contributed by atoms with Gasteiger partial charge in [0.05, 0.1) is 12.1 Å². The number of hydrogen-bond acceptors (Lipinski definition) is 3. The summed E-state index contributed by atoms with van der Waals surface area (Å²) in [5, 5.41) is 0.567. The average Bonchev–Trinajstić information content (AvgIpc) is 3.09. The van der Waals surface area contributed by atoms with Gasteiger partial charge in [-0.15, -0.1) is 0 Å². The molecule has 8 heteroatoms. The molecular weight excluding hydrogens is 511 g/mol. The molecule has 1 atom stereocenters. The highest BCUT2D eigenvalue weighted by Gasteiger charge is 2.44. The Morgan fingerprint density at radius 1 is 1.06 bits per heavy atom. The van der Waals surface area contributed by atoms with Crippen molar-refractivity contribution in [1.29, 1.82) is 0 Å². The fourth-order valence-corrected chi connectivity index (χ4v) is 4.30. The Hall–Kier alpha value is -3.03. The largest absolute Gasteiger partial charge is 0.326 e. The minimum absolute atomic E-state index is 0.128. The summed E-state index contributed by atoms with van der Waals surface area (Å²) in [5.74, 6) is -1.76. The van der Waals surface area contributed by atoms with Gasteiger partial charge in [-0.05, 0) is 72.6 Å². The number of halogens is 3. The molecule has 3 aromatic rings. The van der Waals surface area contributed by atoms with Crippen LogP contribution in [0.5, 0.6) is 0 Å². The predicted molar refractivity (Wildman–Crippen MR) is 128 cm³/mol. The van der Waals surface area contributed by atoms with Gasteiger partial charge < -0.3 is 4.90 Å². The smallest absolute Gasteiger partial charge is 0.257 e. The molecule has 0 bridgehead atoms. The molecule has 1 fully saturated rings. The number of benzene rings is 3. The molecule has 4 rings (SSSR count). The van der Waals surface area contributed by atoms with E-state index in [1.54, 1.807) is 36.4 Å². The Kier molecular flexibility index (Phi) is 6.91. The van der Waals surface area contributed by atoms with Crippen molar-refractivity contribution in [3.05, 3.63) is 99.2 Å². The molecule has 0 N–H and O–H groups in total. The highest BCUT2D eigenvalue weighted by Crippen LogP contribution is 2.28. The molecule has 1 saturated heterocycles. The van der Waals surface area contributed by atoms with Crippen LogP contribution < -0.4 is 4.90 Å². The second-order valence-corrected chi connectivity index (χ2v) is 9.00. The van der Waals surface area contributed by atoms with Crippen LogP contribution in [0.25, 0.3) is 0 Å². The number of anilines is 1. The molecule has 1 unspecified atom stereocenters. The van der Waals surface area contributed by atoms with Crippen LogP contribution in [0, 0.1) is 5.82 Å². The van der Waals surface area contributed by atoms with E-state index < -0.39 is 23.7 Å². The maximum atomic E-state index is 13.4. The van der Waals surface area contributed by atoms with E-state index in [4.69, 9.17) is 11.6 Å². The molecule has 0 aliphatic carbocycles. The molecule has 1 aliphatic rings. The normalized spacial score (nSPS) is 15.7. The maximum Gasteiger partial charge on any atom is 0.257 e. The van der Waals surface area contributed by atoms with Gasteiger partial charge in [0.1, 0.15) is 11.9 Å². The molecule has 3 aromatic carbocycles. The summed E-state index contributed by atoms with van der Waals surface area (Å²) in [6.07, 6.45) is 0.307. The van der Waals surface area contributed by atoms with Gasteiger partial charge in [-0.2, -0.15) is 0 Å². The van der Waals surface area contributed by atoms with Gasteiger partial charge in [0, 0.05) is 21.6 Å². The van der Waals surface area contributed by atoms with Crippen molar-refractivity contribution in [3.8, 4) is 0 Å². The quantitative estimate of drug-likeness (QED) is 0.410. The van der Waals surface area contributed by atoms with Gasteiger partial charge in [0.15, 0.2) is 0 Å². The van der Waals surface area contributed by atoms with Crippen LogP contribution in [0.4, 0.5) is 10.1 Å².